The predicted molar refractivity (Wildman–Crippen MR) is 232 cm³/mol. The van der Waals surface area contributed by atoms with E-state index in [1.807, 2.05) is 24.3 Å². The average Bonchev–Trinajstić information content (AvgIpc) is 3.63. The van der Waals surface area contributed by atoms with Crippen LogP contribution >= 0.6 is 0 Å². The van der Waals surface area contributed by atoms with Crippen LogP contribution in [0.25, 0.3) is 11.1 Å². The summed E-state index contributed by atoms with van der Waals surface area (Å²) in [5.41, 5.74) is 4.75. The van der Waals surface area contributed by atoms with Gasteiger partial charge in [-0.3, -0.25) is 4.18 Å². The molecule has 17 nitrogen and oxygen atoms in total. The summed E-state index contributed by atoms with van der Waals surface area (Å²) >= 11 is 0. The Labute approximate surface area is 371 Å². The van der Waals surface area contributed by atoms with Crippen LogP contribution in [0.5, 0.6) is 0 Å². The van der Waals surface area contributed by atoms with Crippen molar-refractivity contribution in [1.29, 1.82) is 0 Å². The van der Waals surface area contributed by atoms with Crippen LogP contribution in [0.1, 0.15) is 17.0 Å². The molecule has 63 heavy (non-hydrogen) atoms. The van der Waals surface area contributed by atoms with Crippen LogP contribution in [-0.4, -0.2) is 180 Å². The second kappa shape index (κ2) is 33.8. The maximum atomic E-state index is 12.3. The summed E-state index contributed by atoms with van der Waals surface area (Å²) in [7, 11) is -3.77. The molecule has 0 unspecified atom stereocenters. The fourth-order valence-corrected chi connectivity index (χ4v) is 6.95. The topological polar surface area (TPSA) is 183 Å². The first-order valence-corrected chi connectivity index (χ1v) is 22.9. The number of hydrogen-bond acceptors (Lipinski definition) is 16. The molecule has 0 fully saturated rings. The molecule has 1 aliphatic carbocycles. The maximum absolute atomic E-state index is 12.3. The molecular weight excluding hydrogens is 843 g/mol. The summed E-state index contributed by atoms with van der Waals surface area (Å²) in [5, 5.41) is 2.74. The summed E-state index contributed by atoms with van der Waals surface area (Å²) in [6.45, 7) is 9.89. The third-order valence-corrected chi connectivity index (χ3v) is 10.4. The van der Waals surface area contributed by atoms with Crippen molar-refractivity contribution in [3.05, 3.63) is 90.0 Å². The lowest BCUT2D eigenvalue weighted by Crippen LogP contribution is -2.29. The van der Waals surface area contributed by atoms with Crippen LogP contribution < -0.4 is 5.32 Å². The first kappa shape index (κ1) is 52.0. The molecule has 352 valence electrons. The molecule has 1 N–H and O–H groups in total. The number of nitrogens with one attached hydrogen (secondary N) is 1. The van der Waals surface area contributed by atoms with Gasteiger partial charge in [0.2, 0.25) is 0 Å². The molecule has 3 aromatic rings. The minimum Gasteiger partial charge on any atom is -0.449 e. The van der Waals surface area contributed by atoms with E-state index in [-0.39, 0.29) is 30.6 Å². The van der Waals surface area contributed by atoms with Gasteiger partial charge in [0.25, 0.3) is 10.1 Å². The van der Waals surface area contributed by atoms with Crippen molar-refractivity contribution in [3.8, 4) is 11.1 Å². The van der Waals surface area contributed by atoms with Gasteiger partial charge in [0.05, 0.1) is 157 Å². The van der Waals surface area contributed by atoms with E-state index in [1.165, 1.54) is 34.4 Å². The van der Waals surface area contributed by atoms with E-state index >= 15 is 0 Å². The van der Waals surface area contributed by atoms with Crippen molar-refractivity contribution in [1.82, 2.24) is 5.32 Å². The Morgan fingerprint density at radius 1 is 0.413 bits per heavy atom. The first-order valence-electron chi connectivity index (χ1n) is 21.4. The van der Waals surface area contributed by atoms with Crippen LogP contribution in [0.15, 0.2) is 83.8 Å². The Bertz CT molecular complexity index is 1670. The summed E-state index contributed by atoms with van der Waals surface area (Å²) in [5.74, 6) is 0.0287. The van der Waals surface area contributed by atoms with E-state index in [0.29, 0.717) is 145 Å². The number of carbonyl (C=O) groups excluding carboxylic acids is 1. The Hall–Kier alpha value is -3.60. The molecule has 0 aliphatic heterocycles. The fourth-order valence-electron chi connectivity index (χ4n) is 6.03. The van der Waals surface area contributed by atoms with Gasteiger partial charge in [-0.2, -0.15) is 8.42 Å². The van der Waals surface area contributed by atoms with E-state index in [0.717, 1.165) is 0 Å². The van der Waals surface area contributed by atoms with Gasteiger partial charge >= 0.3 is 6.09 Å². The van der Waals surface area contributed by atoms with E-state index < -0.39 is 16.2 Å². The molecule has 0 atom stereocenters. The minimum absolute atomic E-state index is 0.0287. The third kappa shape index (κ3) is 22.7. The first-order chi connectivity index (χ1) is 31.1. The Morgan fingerprint density at radius 3 is 1.11 bits per heavy atom. The molecule has 1 aliphatic rings. The maximum Gasteiger partial charge on any atom is 0.407 e. The Morgan fingerprint density at radius 2 is 0.730 bits per heavy atom. The van der Waals surface area contributed by atoms with Crippen LogP contribution in [0.4, 0.5) is 4.79 Å². The van der Waals surface area contributed by atoms with E-state index in [1.54, 1.807) is 18.2 Å². The number of amides is 1. The molecule has 0 spiro atoms. The van der Waals surface area contributed by atoms with Gasteiger partial charge in [-0.1, -0.05) is 66.7 Å². The molecule has 0 saturated carbocycles. The normalized spacial score (nSPS) is 12.4. The van der Waals surface area contributed by atoms with Crippen molar-refractivity contribution >= 4 is 16.2 Å². The summed E-state index contributed by atoms with van der Waals surface area (Å²) in [4.78, 5) is 12.4. The summed E-state index contributed by atoms with van der Waals surface area (Å²) < 4.78 is 94.7. The fraction of sp³-hybridized carbons (Fsp3) is 0.578. The lowest BCUT2D eigenvalue weighted by molar-refractivity contribution is -0.0276. The Balaban J connectivity index is 0.766. The minimum atomic E-state index is -3.77. The van der Waals surface area contributed by atoms with Crippen LogP contribution in [0.2, 0.25) is 0 Å². The highest BCUT2D eigenvalue weighted by molar-refractivity contribution is 7.86. The number of alkyl carbamates (subject to hydrolysis) is 1. The lowest BCUT2D eigenvalue weighted by atomic mass is 9.98. The van der Waals surface area contributed by atoms with E-state index in [2.05, 4.69) is 29.6 Å². The van der Waals surface area contributed by atoms with Crippen LogP contribution in [-0.2, 0) is 71.1 Å². The van der Waals surface area contributed by atoms with Gasteiger partial charge in [-0.15, -0.1) is 0 Å². The predicted octanol–water partition coefficient (Wildman–Crippen LogP) is 4.11. The van der Waals surface area contributed by atoms with E-state index in [9.17, 15) is 13.2 Å². The second-order valence-electron chi connectivity index (χ2n) is 13.6. The SMILES string of the molecule is O=C(NCCOCCOCCOCCOCCOCCOCCOCCOCCOCCOCCOCCOS(=O)(=O)c1ccccc1)OCC1c2ccccc2-c2ccccc21. The molecule has 1 amide bonds. The number of fused-ring (bicyclic) bond motifs is 3. The van der Waals surface area contributed by atoms with Crippen LogP contribution in [0.3, 0.4) is 0 Å². The second-order valence-corrected chi connectivity index (χ2v) is 15.2. The number of ether oxygens (including phenoxy) is 12. The molecule has 4 rings (SSSR count). The highest BCUT2D eigenvalue weighted by Crippen LogP contribution is 2.44. The zero-order chi connectivity index (χ0) is 44.3. The zero-order valence-corrected chi connectivity index (χ0v) is 37.0. The van der Waals surface area contributed by atoms with E-state index in [4.69, 9.17) is 61.0 Å². The van der Waals surface area contributed by atoms with Gasteiger partial charge in [0.1, 0.15) is 6.61 Å². The van der Waals surface area contributed by atoms with Crippen molar-refractivity contribution in [2.75, 3.05) is 165 Å². The zero-order valence-electron chi connectivity index (χ0n) is 36.2. The van der Waals surface area contributed by atoms with Gasteiger partial charge in [-0.25, -0.2) is 4.79 Å². The largest absolute Gasteiger partial charge is 0.449 e. The molecule has 0 saturated heterocycles. The van der Waals surface area contributed by atoms with Gasteiger partial charge in [0.15, 0.2) is 0 Å². The highest BCUT2D eigenvalue weighted by atomic mass is 32.2. The highest BCUT2D eigenvalue weighted by Gasteiger charge is 2.29. The average molecular weight is 908 g/mol. The van der Waals surface area contributed by atoms with Crippen LogP contribution in [0, 0.1) is 0 Å². The molecular formula is C45H65NO16S. The molecule has 0 aromatic heterocycles. The number of benzene rings is 3. The molecule has 3 aromatic carbocycles. The van der Waals surface area contributed by atoms with Gasteiger partial charge in [-0.05, 0) is 34.4 Å². The van der Waals surface area contributed by atoms with Crippen molar-refractivity contribution in [2.24, 2.45) is 0 Å². The Kier molecular flexibility index (Phi) is 28.0. The molecule has 0 heterocycles. The number of rotatable bonds is 40. The quantitative estimate of drug-likeness (QED) is 0.0635. The van der Waals surface area contributed by atoms with Gasteiger partial charge in [0, 0.05) is 12.5 Å². The molecule has 0 radical (unpaired) electrons. The lowest BCUT2D eigenvalue weighted by Gasteiger charge is -2.14. The third-order valence-electron chi connectivity index (χ3n) is 9.08. The monoisotopic (exact) mass is 907 g/mol. The summed E-state index contributed by atoms with van der Waals surface area (Å²) in [6.07, 6.45) is -0.460. The van der Waals surface area contributed by atoms with Crippen molar-refractivity contribution in [3.63, 3.8) is 0 Å². The molecule has 0 bridgehead atoms. The van der Waals surface area contributed by atoms with Gasteiger partial charge < -0.3 is 62.2 Å². The van der Waals surface area contributed by atoms with Crippen molar-refractivity contribution < 1.29 is 74.2 Å². The number of hydrogen-bond donors (Lipinski definition) is 1. The smallest absolute Gasteiger partial charge is 0.407 e. The standard InChI is InChI=1S/C45H65NO16S/c47-45(61-38-44-42-12-6-4-10-40(42)41-11-5-7-13-43(41)44)46-14-15-50-16-17-51-18-19-52-20-21-53-22-23-54-24-25-55-26-27-56-28-29-57-30-31-58-32-33-59-34-35-60-36-37-62-63(48,49)39-8-2-1-3-9-39/h1-13,44H,14-38H2,(H,46,47). The van der Waals surface area contributed by atoms with Crippen molar-refractivity contribution in [2.45, 2.75) is 10.8 Å². The summed E-state index contributed by atoms with van der Waals surface area (Å²) in [6, 6.07) is 24.5. The number of carbonyl (C=O) groups is 1. The molecule has 18 heteroatoms.